The molecule has 6 aliphatic rings. The Labute approximate surface area is 194 Å². The lowest BCUT2D eigenvalue weighted by molar-refractivity contribution is -0.207. The van der Waals surface area contributed by atoms with Crippen LogP contribution in [0.3, 0.4) is 0 Å². The van der Waals surface area contributed by atoms with E-state index in [1.165, 1.54) is 24.0 Å². The second-order valence-corrected chi connectivity index (χ2v) is 10.8. The summed E-state index contributed by atoms with van der Waals surface area (Å²) in [5.41, 5.74) is 2.99. The Morgan fingerprint density at radius 2 is 2.00 bits per heavy atom. The lowest BCUT2D eigenvalue weighted by Crippen LogP contribution is -2.75. The van der Waals surface area contributed by atoms with Crippen molar-refractivity contribution in [2.75, 3.05) is 7.11 Å². The van der Waals surface area contributed by atoms with Crippen molar-refractivity contribution in [1.29, 1.82) is 0 Å². The first-order valence-corrected chi connectivity index (χ1v) is 12.3. The Bertz CT molecular complexity index is 1190. The van der Waals surface area contributed by atoms with E-state index in [9.17, 15) is 4.79 Å². The average molecular weight is 443 g/mol. The monoisotopic (exact) mass is 442 g/mol. The van der Waals surface area contributed by atoms with Crippen molar-refractivity contribution >= 4 is 5.78 Å². The van der Waals surface area contributed by atoms with Crippen molar-refractivity contribution < 1.29 is 19.0 Å². The van der Waals surface area contributed by atoms with Crippen LogP contribution < -0.4 is 9.47 Å². The molecule has 2 aromatic rings. The number of benzene rings is 2. The predicted molar refractivity (Wildman–Crippen MR) is 124 cm³/mol. The van der Waals surface area contributed by atoms with Gasteiger partial charge in [0.2, 0.25) is 0 Å². The van der Waals surface area contributed by atoms with Gasteiger partial charge in [-0.1, -0.05) is 55.0 Å². The number of carbonyl (C=O) groups excluding carboxylic acids is 1. The molecule has 0 aromatic heterocycles. The molecule has 0 radical (unpaired) electrons. The summed E-state index contributed by atoms with van der Waals surface area (Å²) in [5, 5.41) is 0. The van der Waals surface area contributed by atoms with Crippen LogP contribution in [0.15, 0.2) is 54.6 Å². The molecule has 1 heterocycles. The number of ether oxygens (including phenoxy) is 3. The Morgan fingerprint density at radius 3 is 2.79 bits per heavy atom. The molecule has 8 rings (SSSR count). The average Bonchev–Trinajstić information content (AvgIpc) is 3.20. The fourth-order valence-electron chi connectivity index (χ4n) is 8.46. The molecule has 170 valence electrons. The highest BCUT2D eigenvalue weighted by Gasteiger charge is 2.78. The number of rotatable bonds is 5. The molecule has 2 saturated carbocycles. The third kappa shape index (κ3) is 2.19. The SMILES string of the molecule is CO[C@]12C=C[C@@]3(C[C@@H]1C(C)=O)[C@@H]1CCC[C@@]34c3c(ccc(OCc5ccccc5)c3O[C@@H]24)C1. The first-order valence-electron chi connectivity index (χ1n) is 12.3. The zero-order valence-electron chi connectivity index (χ0n) is 19.3. The molecule has 2 fully saturated rings. The number of carbonyl (C=O) groups is 1. The van der Waals surface area contributed by atoms with Crippen molar-refractivity contribution in [1.82, 2.24) is 0 Å². The minimum atomic E-state index is -0.722. The molecule has 2 spiro atoms. The van der Waals surface area contributed by atoms with Crippen molar-refractivity contribution in [2.24, 2.45) is 17.3 Å². The number of allylic oxidation sites excluding steroid dienone is 1. The molecule has 0 amide bonds. The largest absolute Gasteiger partial charge is 0.485 e. The van der Waals surface area contributed by atoms with Crippen LogP contribution in [-0.2, 0) is 28.0 Å². The number of methoxy groups -OCH3 is 1. The van der Waals surface area contributed by atoms with Crippen molar-refractivity contribution in [3.8, 4) is 11.5 Å². The van der Waals surface area contributed by atoms with Crippen molar-refractivity contribution in [3.63, 3.8) is 0 Å². The quantitative estimate of drug-likeness (QED) is 0.599. The van der Waals surface area contributed by atoms with Gasteiger partial charge < -0.3 is 14.2 Å². The van der Waals surface area contributed by atoms with E-state index in [4.69, 9.17) is 14.2 Å². The fourth-order valence-corrected chi connectivity index (χ4v) is 8.46. The van der Waals surface area contributed by atoms with Crippen molar-refractivity contribution in [3.05, 3.63) is 71.3 Å². The predicted octanol–water partition coefficient (Wildman–Crippen LogP) is 5.17. The maximum Gasteiger partial charge on any atom is 0.166 e. The van der Waals surface area contributed by atoms with E-state index in [0.717, 1.165) is 36.3 Å². The molecule has 6 atom stereocenters. The highest BCUT2D eigenvalue weighted by Crippen LogP contribution is 2.76. The molecule has 4 nitrogen and oxygen atoms in total. The number of fused-ring (bicyclic) bond motifs is 1. The third-order valence-electron chi connectivity index (χ3n) is 9.71. The summed E-state index contributed by atoms with van der Waals surface area (Å²) >= 11 is 0. The van der Waals surface area contributed by atoms with E-state index in [0.29, 0.717) is 12.5 Å². The summed E-state index contributed by atoms with van der Waals surface area (Å²) in [6.07, 6.45) is 9.85. The standard InChI is InChI=1S/C29H30O4/c1-18(30)22-16-27-13-14-29(22,31-2)26-28(27)12-6-9-21(27)15-20-10-11-23(25(33-26)24(20)28)32-17-19-7-4-3-5-8-19/h3-5,7-8,10-11,13-14,21-22,26H,6,9,12,15-17H2,1-2H3/t21-,22-,26-,27-,28+,29-/m1/s1. The van der Waals surface area contributed by atoms with E-state index in [-0.39, 0.29) is 28.6 Å². The van der Waals surface area contributed by atoms with E-state index in [1.54, 1.807) is 14.0 Å². The fraction of sp³-hybridized carbons (Fsp3) is 0.483. The summed E-state index contributed by atoms with van der Waals surface area (Å²) in [5.74, 6) is 2.29. The van der Waals surface area contributed by atoms with E-state index in [2.05, 4.69) is 36.4 Å². The van der Waals surface area contributed by atoms with Gasteiger partial charge in [0.15, 0.2) is 11.5 Å². The molecule has 0 saturated heterocycles. The Morgan fingerprint density at radius 1 is 1.15 bits per heavy atom. The van der Waals surface area contributed by atoms with Gasteiger partial charge in [-0.25, -0.2) is 0 Å². The van der Waals surface area contributed by atoms with Gasteiger partial charge in [0.25, 0.3) is 0 Å². The first kappa shape index (κ1) is 19.8. The van der Waals surface area contributed by atoms with Gasteiger partial charge in [-0.3, -0.25) is 4.79 Å². The van der Waals surface area contributed by atoms with Gasteiger partial charge >= 0.3 is 0 Å². The van der Waals surface area contributed by atoms with E-state index < -0.39 is 5.60 Å². The zero-order valence-corrected chi connectivity index (χ0v) is 19.3. The molecule has 4 heteroatoms. The summed E-state index contributed by atoms with van der Waals surface area (Å²) in [6, 6.07) is 14.6. The van der Waals surface area contributed by atoms with Gasteiger partial charge in [0.1, 0.15) is 24.1 Å². The molecule has 0 unspecified atom stereocenters. The van der Waals surface area contributed by atoms with Gasteiger partial charge in [-0.05, 0) is 55.7 Å². The van der Waals surface area contributed by atoms with Crippen LogP contribution in [0.5, 0.6) is 11.5 Å². The normalized spacial score (nSPS) is 38.5. The Kier molecular flexibility index (Phi) is 3.91. The second-order valence-electron chi connectivity index (χ2n) is 10.8. The summed E-state index contributed by atoms with van der Waals surface area (Å²) in [6.45, 7) is 2.23. The molecular formula is C29H30O4. The summed E-state index contributed by atoms with van der Waals surface area (Å²) in [7, 11) is 1.75. The number of hydrogen-bond acceptors (Lipinski definition) is 4. The van der Waals surface area contributed by atoms with Crippen LogP contribution in [0, 0.1) is 17.3 Å². The first-order chi connectivity index (χ1) is 16.1. The van der Waals surface area contributed by atoms with Gasteiger partial charge in [0.05, 0.1) is 5.92 Å². The van der Waals surface area contributed by atoms with E-state index in [1.807, 2.05) is 18.2 Å². The highest BCUT2D eigenvalue weighted by molar-refractivity contribution is 5.82. The molecule has 4 bridgehead atoms. The van der Waals surface area contributed by atoms with Crippen LogP contribution in [0.4, 0.5) is 0 Å². The maximum atomic E-state index is 12.9. The molecular weight excluding hydrogens is 412 g/mol. The number of Topliss-reactive ketones (excluding diaryl/α,β-unsaturated/α-hetero) is 1. The van der Waals surface area contributed by atoms with Crippen LogP contribution in [0.2, 0.25) is 0 Å². The van der Waals surface area contributed by atoms with E-state index >= 15 is 0 Å². The van der Waals surface area contributed by atoms with Crippen LogP contribution in [0.25, 0.3) is 0 Å². The number of ketones is 1. The molecule has 33 heavy (non-hydrogen) atoms. The number of hydrogen-bond donors (Lipinski definition) is 0. The lowest BCUT2D eigenvalue weighted by Gasteiger charge is -2.69. The van der Waals surface area contributed by atoms with Crippen molar-refractivity contribution in [2.45, 2.75) is 62.8 Å². The third-order valence-corrected chi connectivity index (χ3v) is 9.71. The summed E-state index contributed by atoms with van der Waals surface area (Å²) < 4.78 is 19.6. The Balaban J connectivity index is 1.41. The van der Waals surface area contributed by atoms with Gasteiger partial charge in [-0.2, -0.15) is 0 Å². The Hall–Kier alpha value is -2.59. The van der Waals surface area contributed by atoms with Crippen LogP contribution in [-0.4, -0.2) is 24.6 Å². The van der Waals surface area contributed by atoms with Crippen LogP contribution >= 0.6 is 0 Å². The topological polar surface area (TPSA) is 44.8 Å². The summed E-state index contributed by atoms with van der Waals surface area (Å²) in [4.78, 5) is 12.9. The minimum Gasteiger partial charge on any atom is -0.485 e. The lowest BCUT2D eigenvalue weighted by atomic mass is 9.34. The maximum absolute atomic E-state index is 12.9. The smallest absolute Gasteiger partial charge is 0.166 e. The second kappa shape index (κ2) is 6.50. The minimum absolute atomic E-state index is 0.0389. The molecule has 2 aromatic carbocycles. The van der Waals surface area contributed by atoms with Gasteiger partial charge in [-0.15, -0.1) is 0 Å². The van der Waals surface area contributed by atoms with Crippen LogP contribution in [0.1, 0.15) is 49.3 Å². The molecule has 5 aliphatic carbocycles. The zero-order chi connectivity index (χ0) is 22.4. The molecule has 0 N–H and O–H groups in total. The van der Waals surface area contributed by atoms with Gasteiger partial charge in [0, 0.05) is 23.5 Å². The molecule has 1 aliphatic heterocycles. The highest BCUT2D eigenvalue weighted by atomic mass is 16.6.